The first-order valence-electron chi connectivity index (χ1n) is 13.8. The number of nitrogens with one attached hydrogen (secondary N) is 2. The summed E-state index contributed by atoms with van der Waals surface area (Å²) < 4.78 is 28.3. The van der Waals surface area contributed by atoms with Crippen LogP contribution in [-0.2, 0) is 16.6 Å². The second-order valence-electron chi connectivity index (χ2n) is 10.4. The fraction of sp³-hybridized carbons (Fsp3) is 0.182. The van der Waals surface area contributed by atoms with Crippen molar-refractivity contribution < 1.29 is 13.5 Å². The number of aromatic nitrogens is 1. The molecular weight excluding hydrogens is 532 g/mol. The van der Waals surface area contributed by atoms with Gasteiger partial charge >= 0.3 is 0 Å². The molecule has 208 valence electrons. The number of H-pyrrole nitrogens is 1. The van der Waals surface area contributed by atoms with Crippen LogP contribution < -0.4 is 4.72 Å². The Bertz CT molecular complexity index is 1780. The quantitative estimate of drug-likeness (QED) is 0.180. The van der Waals surface area contributed by atoms with Gasteiger partial charge in [-0.05, 0) is 74.0 Å². The van der Waals surface area contributed by atoms with E-state index in [-0.39, 0.29) is 10.8 Å². The lowest BCUT2D eigenvalue weighted by Crippen LogP contribution is -2.28. The van der Waals surface area contributed by atoms with Crippen molar-refractivity contribution in [2.24, 2.45) is 4.99 Å². The zero-order valence-corrected chi connectivity index (χ0v) is 23.4. The number of likely N-dealkylation sites (tertiary alicyclic amines) is 1. The van der Waals surface area contributed by atoms with Gasteiger partial charge in [0.2, 0.25) is 0 Å². The molecule has 5 aromatic rings. The van der Waals surface area contributed by atoms with E-state index in [4.69, 9.17) is 4.99 Å². The van der Waals surface area contributed by atoms with Crippen LogP contribution in [-0.4, -0.2) is 42.2 Å². The molecule has 1 aliphatic heterocycles. The van der Waals surface area contributed by atoms with Gasteiger partial charge in [-0.1, -0.05) is 67.1 Å². The topological polar surface area (TPSA) is 97.8 Å². The summed E-state index contributed by atoms with van der Waals surface area (Å²) in [7, 11) is -3.75. The second-order valence-corrected chi connectivity index (χ2v) is 12.0. The third-order valence-corrected chi connectivity index (χ3v) is 8.80. The third kappa shape index (κ3) is 6.04. The van der Waals surface area contributed by atoms with Gasteiger partial charge < -0.3 is 10.1 Å². The van der Waals surface area contributed by atoms with Crippen LogP contribution in [0.2, 0.25) is 0 Å². The summed E-state index contributed by atoms with van der Waals surface area (Å²) in [4.78, 5) is 10.7. The average Bonchev–Trinajstić information content (AvgIpc) is 3.32. The Morgan fingerprint density at radius 1 is 0.854 bits per heavy atom. The Hall–Kier alpha value is -4.40. The lowest BCUT2D eigenvalue weighted by atomic mass is 10.0. The van der Waals surface area contributed by atoms with E-state index in [0.717, 1.165) is 36.3 Å². The van der Waals surface area contributed by atoms with E-state index in [1.165, 1.54) is 24.8 Å². The highest BCUT2D eigenvalue weighted by atomic mass is 32.2. The Morgan fingerprint density at radius 3 is 2.24 bits per heavy atom. The summed E-state index contributed by atoms with van der Waals surface area (Å²) in [6, 6.07) is 31.4. The molecule has 41 heavy (non-hydrogen) atoms. The Labute approximate surface area is 240 Å². The van der Waals surface area contributed by atoms with Crippen molar-refractivity contribution in [2.45, 2.75) is 30.7 Å². The fourth-order valence-corrected chi connectivity index (χ4v) is 6.41. The molecule has 0 bridgehead atoms. The lowest BCUT2D eigenvalue weighted by Gasteiger charge is -2.26. The summed E-state index contributed by atoms with van der Waals surface area (Å²) in [6.45, 7) is 3.23. The number of aromatic hydroxyl groups is 1. The van der Waals surface area contributed by atoms with Crippen LogP contribution in [0.15, 0.2) is 113 Å². The molecule has 1 aromatic heterocycles. The Kier molecular flexibility index (Phi) is 7.59. The van der Waals surface area contributed by atoms with Gasteiger partial charge in [0, 0.05) is 17.5 Å². The molecule has 0 spiro atoms. The number of hydrogen-bond acceptors (Lipinski definition) is 5. The summed E-state index contributed by atoms with van der Waals surface area (Å²) in [5, 5.41) is 11.8. The molecule has 4 aromatic carbocycles. The summed E-state index contributed by atoms with van der Waals surface area (Å²) in [5.41, 5.74) is 5.05. The van der Waals surface area contributed by atoms with Crippen LogP contribution >= 0.6 is 0 Å². The second kappa shape index (κ2) is 11.6. The van der Waals surface area contributed by atoms with E-state index >= 15 is 0 Å². The number of benzene rings is 4. The minimum atomic E-state index is -3.75. The molecular formula is C33H32N4O3S. The normalized spacial score (nSPS) is 14.8. The first-order chi connectivity index (χ1) is 20.0. The SMILES string of the molecule is O=S(=O)(Nc1ccc2c(C(=Nc3ccc(CN4CCCCC4)cc3)c3ccccc3)c(O)[nH]c2c1)c1ccccc1. The van der Waals surface area contributed by atoms with Crippen LogP contribution in [0.3, 0.4) is 0 Å². The minimum Gasteiger partial charge on any atom is -0.494 e. The van der Waals surface area contributed by atoms with Crippen molar-refractivity contribution in [2.75, 3.05) is 17.8 Å². The smallest absolute Gasteiger partial charge is 0.261 e. The Balaban J connectivity index is 1.34. The van der Waals surface area contributed by atoms with Crippen LogP contribution in [0.25, 0.3) is 10.9 Å². The number of sulfonamides is 1. The maximum atomic E-state index is 12.8. The third-order valence-electron chi connectivity index (χ3n) is 7.40. The number of hydrogen-bond donors (Lipinski definition) is 3. The summed E-state index contributed by atoms with van der Waals surface area (Å²) in [6.07, 6.45) is 3.84. The van der Waals surface area contributed by atoms with Gasteiger partial charge in [-0.25, -0.2) is 13.4 Å². The van der Waals surface area contributed by atoms with Gasteiger partial charge in [-0.3, -0.25) is 9.62 Å². The van der Waals surface area contributed by atoms with Gasteiger partial charge in [-0.2, -0.15) is 0 Å². The van der Waals surface area contributed by atoms with Crippen molar-refractivity contribution >= 4 is 38.0 Å². The van der Waals surface area contributed by atoms with Crippen molar-refractivity contribution in [3.63, 3.8) is 0 Å². The zero-order valence-electron chi connectivity index (χ0n) is 22.6. The molecule has 7 nitrogen and oxygen atoms in total. The molecule has 1 fully saturated rings. The Morgan fingerprint density at radius 2 is 1.54 bits per heavy atom. The standard InChI is InChI=1S/C33H32N4O3S/c38-33-31(29-19-18-27(22-30(29)35-33)36-41(39,40)28-12-6-2-7-13-28)32(25-10-4-1-5-11-25)34-26-16-14-24(15-17-26)23-37-20-8-3-9-21-37/h1-2,4-7,10-19,22,35-36,38H,3,8-9,20-21,23H2. The largest absolute Gasteiger partial charge is 0.494 e. The van der Waals surface area contributed by atoms with Gasteiger partial charge in [0.25, 0.3) is 10.0 Å². The molecule has 3 N–H and O–H groups in total. The van der Waals surface area contributed by atoms with Crippen LogP contribution in [0.5, 0.6) is 5.88 Å². The number of aliphatic imine (C=N–C) groups is 1. The highest BCUT2D eigenvalue weighted by Crippen LogP contribution is 2.33. The average molecular weight is 565 g/mol. The first kappa shape index (κ1) is 26.8. The summed E-state index contributed by atoms with van der Waals surface area (Å²) >= 11 is 0. The summed E-state index contributed by atoms with van der Waals surface area (Å²) in [5.74, 6) is -0.0348. The number of rotatable bonds is 8. The van der Waals surface area contributed by atoms with E-state index in [0.29, 0.717) is 22.5 Å². The number of anilines is 1. The number of aromatic amines is 1. The van der Waals surface area contributed by atoms with Crippen molar-refractivity contribution in [3.8, 4) is 5.88 Å². The number of piperidine rings is 1. The maximum Gasteiger partial charge on any atom is 0.261 e. The molecule has 2 heterocycles. The van der Waals surface area contributed by atoms with Gasteiger partial charge in [0.15, 0.2) is 5.88 Å². The molecule has 1 saturated heterocycles. The van der Waals surface area contributed by atoms with Crippen LogP contribution in [0, 0.1) is 0 Å². The lowest BCUT2D eigenvalue weighted by molar-refractivity contribution is 0.221. The molecule has 1 aliphatic rings. The van der Waals surface area contributed by atoms with Crippen molar-refractivity contribution in [1.29, 1.82) is 0 Å². The maximum absolute atomic E-state index is 12.8. The highest BCUT2D eigenvalue weighted by molar-refractivity contribution is 7.92. The van der Waals surface area contributed by atoms with E-state index in [1.54, 1.807) is 48.5 Å². The van der Waals surface area contributed by atoms with E-state index < -0.39 is 10.0 Å². The number of nitrogens with zero attached hydrogens (tertiary/aromatic N) is 2. The van der Waals surface area contributed by atoms with Crippen molar-refractivity contribution in [3.05, 3.63) is 120 Å². The predicted octanol–water partition coefficient (Wildman–Crippen LogP) is 6.83. The monoisotopic (exact) mass is 564 g/mol. The minimum absolute atomic E-state index is 0.0348. The molecule has 0 unspecified atom stereocenters. The van der Waals surface area contributed by atoms with E-state index in [1.807, 2.05) is 42.5 Å². The molecule has 6 rings (SSSR count). The molecule has 0 radical (unpaired) electrons. The highest BCUT2D eigenvalue weighted by Gasteiger charge is 2.20. The first-order valence-corrected chi connectivity index (χ1v) is 15.3. The molecule has 0 atom stereocenters. The van der Waals surface area contributed by atoms with Gasteiger partial charge in [-0.15, -0.1) is 0 Å². The fourth-order valence-electron chi connectivity index (χ4n) is 5.34. The predicted molar refractivity (Wildman–Crippen MR) is 165 cm³/mol. The van der Waals surface area contributed by atoms with Gasteiger partial charge in [0.05, 0.1) is 33.1 Å². The van der Waals surface area contributed by atoms with Crippen LogP contribution in [0.1, 0.15) is 36.0 Å². The van der Waals surface area contributed by atoms with E-state index in [2.05, 4.69) is 26.7 Å². The van der Waals surface area contributed by atoms with E-state index in [9.17, 15) is 13.5 Å². The van der Waals surface area contributed by atoms with Gasteiger partial charge in [0.1, 0.15) is 0 Å². The molecule has 0 aliphatic carbocycles. The molecule has 0 saturated carbocycles. The van der Waals surface area contributed by atoms with Crippen LogP contribution in [0.4, 0.5) is 11.4 Å². The van der Waals surface area contributed by atoms with Crippen molar-refractivity contribution in [1.82, 2.24) is 9.88 Å². The zero-order chi connectivity index (χ0) is 28.2. The number of fused-ring (bicyclic) bond motifs is 1. The molecule has 8 heteroatoms. The molecule has 0 amide bonds.